The van der Waals surface area contributed by atoms with Gasteiger partial charge >= 0.3 is 0 Å². The Morgan fingerprint density at radius 2 is 2.37 bits per heavy atom. The highest BCUT2D eigenvalue weighted by Crippen LogP contribution is 2.20. The van der Waals surface area contributed by atoms with Crippen LogP contribution in [-0.4, -0.2) is 31.1 Å². The van der Waals surface area contributed by atoms with Crippen molar-refractivity contribution in [2.24, 2.45) is 0 Å². The summed E-state index contributed by atoms with van der Waals surface area (Å²) in [6, 6.07) is 5.25. The summed E-state index contributed by atoms with van der Waals surface area (Å²) in [5.41, 5.74) is 1.56. The van der Waals surface area contributed by atoms with Gasteiger partial charge in [0.1, 0.15) is 6.10 Å². The quantitative estimate of drug-likeness (QED) is 0.883. The van der Waals surface area contributed by atoms with Gasteiger partial charge in [-0.1, -0.05) is 17.7 Å². The van der Waals surface area contributed by atoms with E-state index in [-0.39, 0.29) is 18.2 Å². The lowest BCUT2D eigenvalue weighted by atomic mass is 10.1. The van der Waals surface area contributed by atoms with Gasteiger partial charge in [0, 0.05) is 17.3 Å². The first-order valence-electron chi connectivity index (χ1n) is 6.01. The number of carbonyl (C=O) groups is 2. The topological polar surface area (TPSA) is 67.4 Å². The molecular weight excluding hydrogens is 268 g/mol. The number of halogens is 1. The van der Waals surface area contributed by atoms with E-state index >= 15 is 0 Å². The number of rotatable bonds is 3. The van der Waals surface area contributed by atoms with Gasteiger partial charge in [0.25, 0.3) is 0 Å². The van der Waals surface area contributed by atoms with Crippen LogP contribution in [0.5, 0.6) is 0 Å². The molecule has 2 amide bonds. The summed E-state index contributed by atoms with van der Waals surface area (Å²) in [4.78, 5) is 23.3. The molecule has 1 aliphatic rings. The first-order valence-corrected chi connectivity index (χ1v) is 6.39. The van der Waals surface area contributed by atoms with E-state index in [1.165, 1.54) is 0 Å². The number of anilines is 1. The van der Waals surface area contributed by atoms with Gasteiger partial charge in [-0.15, -0.1) is 0 Å². The highest BCUT2D eigenvalue weighted by atomic mass is 35.5. The van der Waals surface area contributed by atoms with Crippen LogP contribution in [0.15, 0.2) is 18.2 Å². The fourth-order valence-corrected chi connectivity index (χ4v) is 1.99. The molecule has 1 aliphatic heterocycles. The molecule has 102 valence electrons. The predicted molar refractivity (Wildman–Crippen MR) is 72.2 cm³/mol. The van der Waals surface area contributed by atoms with Gasteiger partial charge in [0.05, 0.1) is 13.0 Å². The van der Waals surface area contributed by atoms with Crippen molar-refractivity contribution >= 4 is 29.1 Å². The van der Waals surface area contributed by atoms with Crippen LogP contribution in [0.4, 0.5) is 5.69 Å². The van der Waals surface area contributed by atoms with Crippen LogP contribution in [0.2, 0.25) is 5.02 Å². The second-order valence-corrected chi connectivity index (χ2v) is 4.80. The minimum Gasteiger partial charge on any atom is -0.366 e. The van der Waals surface area contributed by atoms with E-state index < -0.39 is 6.10 Å². The van der Waals surface area contributed by atoms with Crippen LogP contribution in [0, 0.1) is 6.92 Å². The molecule has 1 heterocycles. The minimum atomic E-state index is -0.715. The lowest BCUT2D eigenvalue weighted by molar-refractivity contribution is -0.141. The molecular formula is C13H15ClN2O3. The van der Waals surface area contributed by atoms with Gasteiger partial charge in [-0.25, -0.2) is 0 Å². The summed E-state index contributed by atoms with van der Waals surface area (Å²) in [6.07, 6.45) is -0.717. The SMILES string of the molecule is Cc1ccc(Cl)cc1NC(=O)C[C@H]1OCCNC1=O. The molecule has 1 saturated heterocycles. The minimum absolute atomic E-state index is 0.00220. The van der Waals surface area contributed by atoms with Crippen LogP contribution in [0.25, 0.3) is 0 Å². The van der Waals surface area contributed by atoms with Crippen molar-refractivity contribution in [1.82, 2.24) is 5.32 Å². The maximum absolute atomic E-state index is 11.9. The Bertz CT molecular complexity index is 505. The van der Waals surface area contributed by atoms with Crippen LogP contribution >= 0.6 is 11.6 Å². The van der Waals surface area contributed by atoms with Crippen molar-refractivity contribution in [1.29, 1.82) is 0 Å². The first kappa shape index (κ1) is 13.8. The Morgan fingerprint density at radius 3 is 3.11 bits per heavy atom. The third-order valence-electron chi connectivity index (χ3n) is 2.86. The molecule has 0 unspecified atom stereocenters. The summed E-state index contributed by atoms with van der Waals surface area (Å²) in [5, 5.41) is 5.94. The van der Waals surface area contributed by atoms with Crippen LogP contribution < -0.4 is 10.6 Å². The highest BCUT2D eigenvalue weighted by molar-refractivity contribution is 6.31. The Kier molecular flexibility index (Phi) is 4.39. The molecule has 5 nitrogen and oxygen atoms in total. The third-order valence-corrected chi connectivity index (χ3v) is 3.09. The van der Waals surface area contributed by atoms with E-state index in [0.717, 1.165) is 5.56 Å². The van der Waals surface area contributed by atoms with Crippen LogP contribution in [0.1, 0.15) is 12.0 Å². The van der Waals surface area contributed by atoms with E-state index in [4.69, 9.17) is 16.3 Å². The largest absolute Gasteiger partial charge is 0.366 e. The molecule has 19 heavy (non-hydrogen) atoms. The zero-order chi connectivity index (χ0) is 13.8. The number of morpholine rings is 1. The number of ether oxygens (including phenoxy) is 1. The summed E-state index contributed by atoms with van der Waals surface area (Å²) < 4.78 is 5.25. The van der Waals surface area contributed by atoms with Crippen molar-refractivity contribution in [3.8, 4) is 0 Å². The molecule has 1 fully saturated rings. The number of amides is 2. The summed E-state index contributed by atoms with van der Waals surface area (Å²) in [7, 11) is 0. The number of hydrogen-bond acceptors (Lipinski definition) is 3. The summed E-state index contributed by atoms with van der Waals surface area (Å²) >= 11 is 5.88. The maximum atomic E-state index is 11.9. The van der Waals surface area contributed by atoms with Crippen molar-refractivity contribution in [2.75, 3.05) is 18.5 Å². The fraction of sp³-hybridized carbons (Fsp3) is 0.385. The van der Waals surface area contributed by atoms with Crippen molar-refractivity contribution < 1.29 is 14.3 Å². The molecule has 0 spiro atoms. The van der Waals surface area contributed by atoms with E-state index in [2.05, 4.69) is 10.6 Å². The normalized spacial score (nSPS) is 18.8. The molecule has 1 atom stereocenters. The summed E-state index contributed by atoms with van der Waals surface area (Å²) in [5.74, 6) is -0.517. The molecule has 0 radical (unpaired) electrons. The van der Waals surface area contributed by atoms with Gasteiger partial charge < -0.3 is 15.4 Å². The predicted octanol–water partition coefficient (Wildman–Crippen LogP) is 1.49. The third kappa shape index (κ3) is 3.68. The van der Waals surface area contributed by atoms with Gasteiger partial charge in [-0.2, -0.15) is 0 Å². The lowest BCUT2D eigenvalue weighted by Gasteiger charge is -2.22. The number of nitrogens with one attached hydrogen (secondary N) is 2. The number of hydrogen-bond donors (Lipinski definition) is 2. The van der Waals surface area contributed by atoms with Gasteiger partial charge in [-0.3, -0.25) is 9.59 Å². The molecule has 1 aromatic rings. The number of carbonyl (C=O) groups excluding carboxylic acids is 2. The second-order valence-electron chi connectivity index (χ2n) is 4.36. The zero-order valence-corrected chi connectivity index (χ0v) is 11.3. The Labute approximate surface area is 116 Å². The monoisotopic (exact) mass is 282 g/mol. The van der Waals surface area contributed by atoms with Crippen molar-refractivity contribution in [3.63, 3.8) is 0 Å². The molecule has 2 rings (SSSR count). The van der Waals surface area contributed by atoms with Gasteiger partial charge in [0.2, 0.25) is 11.8 Å². The average molecular weight is 283 g/mol. The maximum Gasteiger partial charge on any atom is 0.249 e. The van der Waals surface area contributed by atoms with Crippen LogP contribution in [0.3, 0.4) is 0 Å². The van der Waals surface area contributed by atoms with E-state index in [0.29, 0.717) is 23.9 Å². The molecule has 0 saturated carbocycles. The average Bonchev–Trinajstić information content (AvgIpc) is 2.37. The van der Waals surface area contributed by atoms with Gasteiger partial charge in [0.15, 0.2) is 0 Å². The Hall–Kier alpha value is -1.59. The van der Waals surface area contributed by atoms with Crippen molar-refractivity contribution in [2.45, 2.75) is 19.4 Å². The Balaban J connectivity index is 1.97. The van der Waals surface area contributed by atoms with Gasteiger partial charge in [-0.05, 0) is 24.6 Å². The molecule has 0 aliphatic carbocycles. The van der Waals surface area contributed by atoms with E-state index in [1.54, 1.807) is 12.1 Å². The zero-order valence-electron chi connectivity index (χ0n) is 10.5. The van der Waals surface area contributed by atoms with Crippen LogP contribution in [-0.2, 0) is 14.3 Å². The Morgan fingerprint density at radius 1 is 1.58 bits per heavy atom. The summed E-state index contributed by atoms with van der Waals surface area (Å²) in [6.45, 7) is 2.79. The van der Waals surface area contributed by atoms with Crippen molar-refractivity contribution in [3.05, 3.63) is 28.8 Å². The fourth-order valence-electron chi connectivity index (χ4n) is 1.82. The first-order chi connectivity index (χ1) is 9.06. The number of benzene rings is 1. The van der Waals surface area contributed by atoms with E-state index in [9.17, 15) is 9.59 Å². The molecule has 0 aromatic heterocycles. The molecule has 2 N–H and O–H groups in total. The standard InChI is InChI=1S/C13H15ClN2O3/c1-8-2-3-9(14)6-10(8)16-12(17)7-11-13(18)15-4-5-19-11/h2-3,6,11H,4-5,7H2,1H3,(H,15,18)(H,16,17)/t11-/m1/s1. The highest BCUT2D eigenvalue weighted by Gasteiger charge is 2.25. The smallest absolute Gasteiger partial charge is 0.249 e. The second kappa shape index (κ2) is 6.04. The molecule has 6 heteroatoms. The van der Waals surface area contributed by atoms with E-state index in [1.807, 2.05) is 13.0 Å². The molecule has 0 bridgehead atoms. The molecule has 1 aromatic carbocycles. The lowest BCUT2D eigenvalue weighted by Crippen LogP contribution is -2.45. The number of aryl methyl sites for hydroxylation is 1.